The molecule has 0 saturated heterocycles. The third kappa shape index (κ3) is 2.97. The smallest absolute Gasteiger partial charge is 0.240 e. The van der Waals surface area contributed by atoms with Gasteiger partial charge in [-0.1, -0.05) is 13.8 Å². The zero-order valence-electron chi connectivity index (χ0n) is 13.9. The number of benzene rings is 1. The number of fused-ring (bicyclic) bond motifs is 1. The second kappa shape index (κ2) is 5.75. The fourth-order valence-electron chi connectivity index (χ4n) is 2.97. The maximum Gasteiger partial charge on any atom is 0.240 e. The van der Waals surface area contributed by atoms with Crippen LogP contribution in [0.15, 0.2) is 45.9 Å². The molecule has 0 unspecified atom stereocenters. The number of carbonyl (C=O) groups is 1. The molecule has 0 radical (unpaired) electrons. The van der Waals surface area contributed by atoms with Crippen LogP contribution in [0.2, 0.25) is 0 Å². The van der Waals surface area contributed by atoms with Crippen molar-refractivity contribution in [3.8, 4) is 0 Å². The van der Waals surface area contributed by atoms with E-state index in [1.54, 1.807) is 29.2 Å². The topological polar surface area (TPSA) is 79.6 Å². The van der Waals surface area contributed by atoms with Gasteiger partial charge >= 0.3 is 0 Å². The molecule has 0 bridgehead atoms. The molecular formula is C17H20N2O4S. The average molecular weight is 348 g/mol. The number of furan rings is 1. The van der Waals surface area contributed by atoms with Gasteiger partial charge in [0.1, 0.15) is 5.76 Å². The number of rotatable bonds is 4. The monoisotopic (exact) mass is 348 g/mol. The highest BCUT2D eigenvalue weighted by Crippen LogP contribution is 2.41. The Kier molecular flexibility index (Phi) is 4.01. The van der Waals surface area contributed by atoms with E-state index in [0.717, 1.165) is 11.3 Å². The number of hydrogen-bond donors (Lipinski definition) is 1. The molecular weight excluding hydrogens is 328 g/mol. The molecule has 0 atom stereocenters. The molecule has 7 heteroatoms. The van der Waals surface area contributed by atoms with Crippen molar-refractivity contribution in [1.29, 1.82) is 0 Å². The van der Waals surface area contributed by atoms with Gasteiger partial charge in [0.25, 0.3) is 0 Å². The van der Waals surface area contributed by atoms with Gasteiger partial charge in [0.2, 0.25) is 15.9 Å². The minimum atomic E-state index is -3.66. The number of hydrogen-bond acceptors (Lipinski definition) is 4. The Hall–Kier alpha value is -2.12. The standard InChI is InChI=1S/C17H20N2O4S/c1-12(20)19-11-17(2,3)15-9-14(6-7-16(15)19)24(21,22)18-10-13-5-4-8-23-13/h4-9,18H,10-11H2,1-3H3. The van der Waals surface area contributed by atoms with Gasteiger partial charge in [-0.15, -0.1) is 0 Å². The summed E-state index contributed by atoms with van der Waals surface area (Å²) in [4.78, 5) is 13.7. The first-order valence-electron chi connectivity index (χ1n) is 7.65. The lowest BCUT2D eigenvalue weighted by Gasteiger charge is -2.19. The van der Waals surface area contributed by atoms with Crippen LogP contribution in [0.25, 0.3) is 0 Å². The Labute approximate surface area is 141 Å². The molecule has 2 heterocycles. The Morgan fingerprint density at radius 3 is 2.71 bits per heavy atom. The Bertz CT molecular complexity index is 870. The van der Waals surface area contributed by atoms with Crippen LogP contribution in [-0.4, -0.2) is 20.9 Å². The van der Waals surface area contributed by atoms with Gasteiger partial charge in [0.15, 0.2) is 0 Å². The summed E-state index contributed by atoms with van der Waals surface area (Å²) in [5.41, 5.74) is 1.34. The summed E-state index contributed by atoms with van der Waals surface area (Å²) in [6.45, 7) is 6.15. The number of amides is 1. The van der Waals surface area contributed by atoms with E-state index in [2.05, 4.69) is 4.72 Å². The van der Waals surface area contributed by atoms with Gasteiger partial charge in [-0.25, -0.2) is 13.1 Å². The molecule has 0 fully saturated rings. The highest BCUT2D eigenvalue weighted by molar-refractivity contribution is 7.89. The van der Waals surface area contributed by atoms with Gasteiger partial charge in [-0.3, -0.25) is 4.79 Å². The second-order valence-corrected chi connectivity index (χ2v) is 8.34. The molecule has 1 aliphatic heterocycles. The van der Waals surface area contributed by atoms with E-state index in [9.17, 15) is 13.2 Å². The molecule has 0 spiro atoms. The summed E-state index contributed by atoms with van der Waals surface area (Å²) in [5, 5.41) is 0. The molecule has 0 aliphatic carbocycles. The number of anilines is 1. The number of nitrogens with zero attached hydrogens (tertiary/aromatic N) is 1. The molecule has 3 rings (SSSR count). The largest absolute Gasteiger partial charge is 0.468 e. The van der Waals surface area contributed by atoms with Crippen LogP contribution >= 0.6 is 0 Å². The summed E-state index contributed by atoms with van der Waals surface area (Å²) >= 11 is 0. The number of carbonyl (C=O) groups excluding carboxylic acids is 1. The van der Waals surface area contributed by atoms with Crippen molar-refractivity contribution in [2.75, 3.05) is 11.4 Å². The van der Waals surface area contributed by atoms with Gasteiger partial charge in [0, 0.05) is 24.6 Å². The van der Waals surface area contributed by atoms with E-state index in [4.69, 9.17) is 4.42 Å². The molecule has 2 aromatic rings. The third-order valence-corrected chi connectivity index (χ3v) is 5.65. The van der Waals surface area contributed by atoms with Gasteiger partial charge in [0.05, 0.1) is 17.7 Å². The van der Waals surface area contributed by atoms with Gasteiger partial charge < -0.3 is 9.32 Å². The molecule has 1 N–H and O–H groups in total. The minimum absolute atomic E-state index is 0.0478. The molecule has 0 saturated carbocycles. The lowest BCUT2D eigenvalue weighted by atomic mass is 9.87. The van der Waals surface area contributed by atoms with Crippen LogP contribution in [-0.2, 0) is 26.8 Å². The fourth-order valence-corrected chi connectivity index (χ4v) is 3.99. The van der Waals surface area contributed by atoms with E-state index in [0.29, 0.717) is 12.3 Å². The Morgan fingerprint density at radius 1 is 1.33 bits per heavy atom. The molecule has 1 amide bonds. The van der Waals surface area contributed by atoms with E-state index in [-0.39, 0.29) is 22.8 Å². The van der Waals surface area contributed by atoms with Crippen LogP contribution in [0.4, 0.5) is 5.69 Å². The van der Waals surface area contributed by atoms with Gasteiger partial charge in [-0.2, -0.15) is 0 Å². The van der Waals surface area contributed by atoms with Crippen LogP contribution in [0.3, 0.4) is 0 Å². The normalized spacial score (nSPS) is 16.2. The van der Waals surface area contributed by atoms with Crippen molar-refractivity contribution in [3.05, 3.63) is 47.9 Å². The molecule has 6 nitrogen and oxygen atoms in total. The van der Waals surface area contributed by atoms with Crippen LogP contribution in [0.5, 0.6) is 0 Å². The predicted octanol–water partition coefficient (Wildman–Crippen LogP) is 2.40. The van der Waals surface area contributed by atoms with Crippen molar-refractivity contribution in [1.82, 2.24) is 4.72 Å². The first-order chi connectivity index (χ1) is 11.2. The summed E-state index contributed by atoms with van der Waals surface area (Å²) in [7, 11) is -3.66. The first kappa shape index (κ1) is 16.7. The van der Waals surface area contributed by atoms with Crippen molar-refractivity contribution in [2.45, 2.75) is 37.6 Å². The van der Waals surface area contributed by atoms with E-state index in [1.165, 1.54) is 19.3 Å². The quantitative estimate of drug-likeness (QED) is 0.920. The summed E-state index contributed by atoms with van der Waals surface area (Å²) in [6.07, 6.45) is 1.50. The highest BCUT2D eigenvalue weighted by Gasteiger charge is 2.37. The molecule has 1 aromatic carbocycles. The maximum atomic E-state index is 12.5. The number of nitrogens with one attached hydrogen (secondary N) is 1. The lowest BCUT2D eigenvalue weighted by Crippen LogP contribution is -2.31. The second-order valence-electron chi connectivity index (χ2n) is 6.57. The zero-order chi connectivity index (χ0) is 17.5. The summed E-state index contributed by atoms with van der Waals surface area (Å²) in [5.74, 6) is 0.496. The van der Waals surface area contributed by atoms with E-state index < -0.39 is 10.0 Å². The van der Waals surface area contributed by atoms with Gasteiger partial charge in [-0.05, 0) is 35.9 Å². The Morgan fingerprint density at radius 2 is 2.08 bits per heavy atom. The third-order valence-electron chi connectivity index (χ3n) is 4.25. The number of sulfonamides is 1. The fraction of sp³-hybridized carbons (Fsp3) is 0.353. The van der Waals surface area contributed by atoms with E-state index in [1.807, 2.05) is 13.8 Å². The van der Waals surface area contributed by atoms with Crippen molar-refractivity contribution in [3.63, 3.8) is 0 Å². The van der Waals surface area contributed by atoms with Crippen molar-refractivity contribution in [2.24, 2.45) is 0 Å². The van der Waals surface area contributed by atoms with Crippen molar-refractivity contribution < 1.29 is 17.6 Å². The molecule has 1 aromatic heterocycles. The van der Waals surface area contributed by atoms with Crippen LogP contribution in [0, 0.1) is 0 Å². The lowest BCUT2D eigenvalue weighted by molar-refractivity contribution is -0.116. The minimum Gasteiger partial charge on any atom is -0.468 e. The molecule has 1 aliphatic rings. The Balaban J connectivity index is 1.92. The maximum absolute atomic E-state index is 12.5. The van der Waals surface area contributed by atoms with Crippen molar-refractivity contribution >= 4 is 21.6 Å². The summed E-state index contributed by atoms with van der Waals surface area (Å²) in [6, 6.07) is 8.30. The van der Waals surface area contributed by atoms with Crippen LogP contribution in [0.1, 0.15) is 32.1 Å². The first-order valence-corrected chi connectivity index (χ1v) is 9.14. The highest BCUT2D eigenvalue weighted by atomic mass is 32.2. The summed E-state index contributed by atoms with van der Waals surface area (Å²) < 4.78 is 32.7. The van der Waals surface area contributed by atoms with E-state index >= 15 is 0 Å². The molecule has 24 heavy (non-hydrogen) atoms. The average Bonchev–Trinajstić information content (AvgIpc) is 3.11. The van der Waals surface area contributed by atoms with Crippen LogP contribution < -0.4 is 9.62 Å². The zero-order valence-corrected chi connectivity index (χ0v) is 14.7. The molecule has 128 valence electrons. The SMILES string of the molecule is CC(=O)N1CC(C)(C)c2cc(S(=O)(=O)NCc3ccco3)ccc21. The predicted molar refractivity (Wildman–Crippen MR) is 90.2 cm³/mol.